The highest BCUT2D eigenvalue weighted by molar-refractivity contribution is 7.92. The van der Waals surface area contributed by atoms with Crippen LogP contribution in [-0.2, 0) is 26.2 Å². The quantitative estimate of drug-likeness (QED) is 0.261. The number of carbonyl (C=O) groups excluding carboxylic acids is 2. The van der Waals surface area contributed by atoms with Gasteiger partial charge in [-0.05, 0) is 73.4 Å². The first kappa shape index (κ1) is 33.1. The molecule has 3 aromatic carbocycles. The van der Waals surface area contributed by atoms with E-state index in [1.54, 1.807) is 6.92 Å². The van der Waals surface area contributed by atoms with Gasteiger partial charge in [0, 0.05) is 23.7 Å². The molecule has 44 heavy (non-hydrogen) atoms. The Labute approximate surface area is 262 Å². The van der Waals surface area contributed by atoms with E-state index in [4.69, 9.17) is 21.1 Å². The summed E-state index contributed by atoms with van der Waals surface area (Å²) in [5.41, 5.74) is 0.787. The van der Waals surface area contributed by atoms with Crippen LogP contribution in [-0.4, -0.2) is 58.0 Å². The number of hydrogen-bond donors (Lipinski definition) is 1. The first-order valence-corrected chi connectivity index (χ1v) is 16.2. The van der Waals surface area contributed by atoms with Crippen molar-refractivity contribution in [3.8, 4) is 11.5 Å². The molecule has 1 aliphatic rings. The van der Waals surface area contributed by atoms with Crippen molar-refractivity contribution >= 4 is 39.1 Å². The van der Waals surface area contributed by atoms with E-state index in [-0.39, 0.29) is 41.2 Å². The van der Waals surface area contributed by atoms with Gasteiger partial charge in [-0.25, -0.2) is 12.8 Å². The summed E-state index contributed by atoms with van der Waals surface area (Å²) >= 11 is 6.10. The summed E-state index contributed by atoms with van der Waals surface area (Å²) in [6.07, 6.45) is 4.05. The Morgan fingerprint density at radius 1 is 0.977 bits per heavy atom. The Morgan fingerprint density at radius 2 is 1.61 bits per heavy atom. The van der Waals surface area contributed by atoms with Gasteiger partial charge in [0.15, 0.2) is 11.5 Å². The minimum absolute atomic E-state index is 0.0234. The third-order valence-electron chi connectivity index (χ3n) is 7.69. The fourth-order valence-electron chi connectivity index (χ4n) is 5.31. The second-order valence-corrected chi connectivity index (χ2v) is 12.9. The van der Waals surface area contributed by atoms with Crippen molar-refractivity contribution in [1.82, 2.24) is 10.2 Å². The van der Waals surface area contributed by atoms with Crippen molar-refractivity contribution in [3.05, 3.63) is 83.1 Å². The minimum atomic E-state index is -4.35. The molecule has 12 heteroatoms. The molecule has 1 fully saturated rings. The largest absolute Gasteiger partial charge is 0.493 e. The molecular weight excluding hydrogens is 609 g/mol. The van der Waals surface area contributed by atoms with E-state index in [0.29, 0.717) is 16.3 Å². The van der Waals surface area contributed by atoms with Gasteiger partial charge in [-0.15, -0.1) is 0 Å². The predicted octanol–water partition coefficient (Wildman–Crippen LogP) is 5.56. The maximum absolute atomic E-state index is 14.2. The molecule has 0 aliphatic heterocycles. The van der Waals surface area contributed by atoms with Gasteiger partial charge in [0.25, 0.3) is 10.0 Å². The summed E-state index contributed by atoms with van der Waals surface area (Å²) in [5, 5.41) is 3.45. The highest BCUT2D eigenvalue weighted by Gasteiger charge is 2.35. The lowest BCUT2D eigenvalue weighted by Gasteiger charge is -2.33. The van der Waals surface area contributed by atoms with Crippen LogP contribution in [0.2, 0.25) is 5.02 Å². The van der Waals surface area contributed by atoms with Crippen LogP contribution < -0.4 is 19.1 Å². The van der Waals surface area contributed by atoms with E-state index in [0.717, 1.165) is 30.0 Å². The highest BCUT2D eigenvalue weighted by atomic mass is 35.5. The van der Waals surface area contributed by atoms with Crippen molar-refractivity contribution in [2.75, 3.05) is 25.1 Å². The number of hydrogen-bond acceptors (Lipinski definition) is 6. The fraction of sp³-hybridized carbons (Fsp3) is 0.375. The van der Waals surface area contributed by atoms with Crippen LogP contribution >= 0.6 is 11.6 Å². The van der Waals surface area contributed by atoms with Crippen LogP contribution in [0.1, 0.15) is 44.6 Å². The molecule has 0 bridgehead atoms. The zero-order chi connectivity index (χ0) is 31.9. The fourth-order valence-corrected chi connectivity index (χ4v) is 6.87. The lowest BCUT2D eigenvalue weighted by atomic mass is 10.1. The summed E-state index contributed by atoms with van der Waals surface area (Å²) in [4.78, 5) is 29.0. The van der Waals surface area contributed by atoms with Gasteiger partial charge >= 0.3 is 0 Å². The van der Waals surface area contributed by atoms with E-state index in [9.17, 15) is 22.4 Å². The Balaban J connectivity index is 1.73. The van der Waals surface area contributed by atoms with Crippen molar-refractivity contribution in [2.45, 2.75) is 62.6 Å². The van der Waals surface area contributed by atoms with Gasteiger partial charge in [-0.2, -0.15) is 0 Å². The zero-order valence-corrected chi connectivity index (χ0v) is 26.5. The normalized spacial score (nSPS) is 14.1. The van der Waals surface area contributed by atoms with Crippen molar-refractivity contribution in [2.24, 2.45) is 0 Å². The van der Waals surface area contributed by atoms with Crippen LogP contribution in [0, 0.1) is 5.82 Å². The summed E-state index contributed by atoms with van der Waals surface area (Å²) in [6.45, 7) is 1.15. The Morgan fingerprint density at radius 3 is 2.20 bits per heavy atom. The second kappa shape index (κ2) is 14.8. The molecule has 0 unspecified atom stereocenters. The number of anilines is 1. The number of halogens is 2. The topological polar surface area (TPSA) is 105 Å². The first-order valence-electron chi connectivity index (χ1n) is 14.4. The zero-order valence-electron chi connectivity index (χ0n) is 25.0. The van der Waals surface area contributed by atoms with Gasteiger partial charge < -0.3 is 19.7 Å². The van der Waals surface area contributed by atoms with Gasteiger partial charge in [0.05, 0.1) is 24.8 Å². The Hall–Kier alpha value is -3.83. The maximum Gasteiger partial charge on any atom is 0.264 e. The third-order valence-corrected chi connectivity index (χ3v) is 9.71. The number of amides is 2. The van der Waals surface area contributed by atoms with Gasteiger partial charge in [0.1, 0.15) is 18.4 Å². The average Bonchev–Trinajstić information content (AvgIpc) is 3.53. The second-order valence-electron chi connectivity index (χ2n) is 10.6. The van der Waals surface area contributed by atoms with E-state index in [2.05, 4.69) is 5.32 Å². The number of ether oxygens (including phenoxy) is 2. The monoisotopic (exact) mass is 645 g/mol. The summed E-state index contributed by atoms with van der Waals surface area (Å²) in [5.74, 6) is -0.821. The molecule has 0 saturated heterocycles. The molecule has 236 valence electrons. The van der Waals surface area contributed by atoms with Crippen LogP contribution in [0.4, 0.5) is 10.1 Å². The minimum Gasteiger partial charge on any atom is -0.493 e. The number of nitrogens with one attached hydrogen (secondary N) is 1. The molecule has 0 spiro atoms. The van der Waals surface area contributed by atoms with Crippen LogP contribution in [0.3, 0.4) is 0 Å². The van der Waals surface area contributed by atoms with E-state index in [1.807, 2.05) is 0 Å². The van der Waals surface area contributed by atoms with Gasteiger partial charge in [0.2, 0.25) is 11.8 Å². The maximum atomic E-state index is 14.2. The van der Waals surface area contributed by atoms with Crippen LogP contribution in [0.25, 0.3) is 0 Å². The molecule has 0 heterocycles. The molecular formula is C32H37ClFN3O6S. The number of sulfonamides is 1. The first-order chi connectivity index (χ1) is 21.1. The molecule has 9 nitrogen and oxygen atoms in total. The molecule has 3 aromatic rings. The van der Waals surface area contributed by atoms with Crippen LogP contribution in [0.5, 0.6) is 11.5 Å². The number of rotatable bonds is 13. The predicted molar refractivity (Wildman–Crippen MR) is 167 cm³/mol. The third kappa shape index (κ3) is 7.81. The number of carbonyl (C=O) groups is 2. The number of methoxy groups -OCH3 is 2. The standard InChI is InChI=1S/C32H37ClFN3O6S/c1-4-28(32(39)35-25-7-5-6-8-25)36(20-22-9-13-24(34)14-10-22)31(38)21-37(26-15-11-23(33)12-16-26)44(40,41)27-17-18-29(42-2)30(19-27)43-3/h9-19,25,28H,4-8,20-21H2,1-3H3,(H,35,39)/t28-/m1/s1. The van der Waals surface area contributed by atoms with E-state index in [1.165, 1.54) is 85.8 Å². The summed E-state index contributed by atoms with van der Waals surface area (Å²) in [7, 11) is -1.52. The average molecular weight is 646 g/mol. The molecule has 1 aliphatic carbocycles. The smallest absolute Gasteiger partial charge is 0.264 e. The molecule has 1 saturated carbocycles. The molecule has 1 N–H and O–H groups in total. The van der Waals surface area contributed by atoms with Gasteiger partial charge in [-0.3, -0.25) is 13.9 Å². The highest BCUT2D eigenvalue weighted by Crippen LogP contribution is 2.33. The Bertz CT molecular complexity index is 1550. The molecule has 0 aromatic heterocycles. The van der Waals surface area contributed by atoms with E-state index < -0.39 is 34.3 Å². The van der Waals surface area contributed by atoms with Crippen molar-refractivity contribution in [3.63, 3.8) is 0 Å². The van der Waals surface area contributed by atoms with Crippen molar-refractivity contribution in [1.29, 1.82) is 0 Å². The number of nitrogens with zero attached hydrogens (tertiary/aromatic N) is 2. The Kier molecular flexibility index (Phi) is 11.1. The lowest BCUT2D eigenvalue weighted by Crippen LogP contribution is -2.53. The van der Waals surface area contributed by atoms with E-state index >= 15 is 0 Å². The van der Waals surface area contributed by atoms with Gasteiger partial charge in [-0.1, -0.05) is 43.5 Å². The molecule has 0 radical (unpaired) electrons. The molecule has 2 amide bonds. The SMILES string of the molecule is CC[C@H](C(=O)NC1CCCC1)N(Cc1ccc(F)cc1)C(=O)CN(c1ccc(Cl)cc1)S(=O)(=O)c1ccc(OC)c(OC)c1. The number of benzene rings is 3. The summed E-state index contributed by atoms with van der Waals surface area (Å²) in [6, 6.07) is 15.0. The molecule has 1 atom stereocenters. The molecule has 4 rings (SSSR count). The van der Waals surface area contributed by atoms with Crippen molar-refractivity contribution < 1.29 is 31.9 Å². The van der Waals surface area contributed by atoms with Crippen LogP contribution in [0.15, 0.2) is 71.6 Å². The lowest BCUT2D eigenvalue weighted by molar-refractivity contribution is -0.140. The summed E-state index contributed by atoms with van der Waals surface area (Å²) < 4.78 is 53.6.